The van der Waals surface area contributed by atoms with Gasteiger partial charge in [-0.25, -0.2) is 4.68 Å². The first kappa shape index (κ1) is 18.0. The van der Waals surface area contributed by atoms with Crippen LogP contribution in [-0.4, -0.2) is 34.8 Å². The Bertz CT molecular complexity index is 893. The van der Waals surface area contributed by atoms with E-state index in [1.807, 2.05) is 10.9 Å². The lowest BCUT2D eigenvalue weighted by atomic mass is 9.93. The summed E-state index contributed by atoms with van der Waals surface area (Å²) >= 11 is 0. The van der Waals surface area contributed by atoms with Crippen LogP contribution < -0.4 is 5.32 Å². The first-order valence-electron chi connectivity index (χ1n) is 9.77. The number of nitrogens with zero attached hydrogens (tertiary/aromatic N) is 3. The first-order valence-corrected chi connectivity index (χ1v) is 9.77. The van der Waals surface area contributed by atoms with Crippen LogP contribution in [0.25, 0.3) is 5.69 Å². The van der Waals surface area contributed by atoms with Crippen molar-refractivity contribution in [1.82, 2.24) is 20.0 Å². The van der Waals surface area contributed by atoms with Crippen LogP contribution in [-0.2, 0) is 13.1 Å². The summed E-state index contributed by atoms with van der Waals surface area (Å²) in [5, 5.41) is 8.06. The number of nitrogens with one attached hydrogen (secondary N) is 1. The van der Waals surface area contributed by atoms with Gasteiger partial charge in [0.2, 0.25) is 0 Å². The van der Waals surface area contributed by atoms with E-state index in [1.54, 1.807) is 0 Å². The van der Waals surface area contributed by atoms with E-state index in [2.05, 4.69) is 84.0 Å². The summed E-state index contributed by atoms with van der Waals surface area (Å²) in [6.45, 7) is 6.21. The van der Waals surface area contributed by atoms with Crippen molar-refractivity contribution >= 4 is 0 Å². The molecule has 0 saturated carbocycles. The van der Waals surface area contributed by atoms with Crippen molar-refractivity contribution in [3.8, 4) is 5.69 Å². The third-order valence-corrected chi connectivity index (χ3v) is 5.45. The minimum Gasteiger partial charge on any atom is -0.316 e. The quantitative estimate of drug-likeness (QED) is 0.724. The van der Waals surface area contributed by atoms with Gasteiger partial charge in [-0.3, -0.25) is 4.90 Å². The van der Waals surface area contributed by atoms with Crippen molar-refractivity contribution < 1.29 is 0 Å². The summed E-state index contributed by atoms with van der Waals surface area (Å²) in [6.07, 6.45) is 5.37. The average Bonchev–Trinajstić information content (AvgIpc) is 3.35. The van der Waals surface area contributed by atoms with Crippen molar-refractivity contribution in [2.75, 3.05) is 20.1 Å². The van der Waals surface area contributed by atoms with Gasteiger partial charge in [-0.05, 0) is 55.6 Å². The van der Waals surface area contributed by atoms with Crippen LogP contribution in [0.5, 0.6) is 0 Å². The molecular weight excluding hydrogens is 332 g/mol. The van der Waals surface area contributed by atoms with Gasteiger partial charge in [-0.1, -0.05) is 42.5 Å². The maximum atomic E-state index is 4.57. The van der Waals surface area contributed by atoms with Crippen LogP contribution in [0.3, 0.4) is 0 Å². The minimum absolute atomic E-state index is 0.651. The molecule has 1 saturated heterocycles. The Balaban J connectivity index is 1.45. The lowest BCUT2D eigenvalue weighted by Gasteiger charge is -2.20. The lowest BCUT2D eigenvalue weighted by Crippen LogP contribution is -2.19. The van der Waals surface area contributed by atoms with Crippen molar-refractivity contribution in [1.29, 1.82) is 0 Å². The highest BCUT2D eigenvalue weighted by atomic mass is 15.3. The Morgan fingerprint density at radius 1 is 1.11 bits per heavy atom. The van der Waals surface area contributed by atoms with E-state index in [9.17, 15) is 0 Å². The molecule has 1 aromatic heterocycles. The number of rotatable bonds is 6. The number of aryl methyl sites for hydroxylation is 1. The molecule has 3 aromatic rings. The van der Waals surface area contributed by atoms with Crippen molar-refractivity contribution in [2.45, 2.75) is 32.4 Å². The van der Waals surface area contributed by atoms with Gasteiger partial charge < -0.3 is 5.32 Å². The normalized spacial score (nSPS) is 16.9. The van der Waals surface area contributed by atoms with Crippen molar-refractivity contribution in [2.24, 2.45) is 0 Å². The molecule has 2 aromatic carbocycles. The molecule has 27 heavy (non-hydrogen) atoms. The Hall–Kier alpha value is -2.43. The van der Waals surface area contributed by atoms with Gasteiger partial charge in [-0.15, -0.1) is 0 Å². The first-order chi connectivity index (χ1) is 13.2. The number of hydrogen-bond donors (Lipinski definition) is 1. The molecule has 0 spiro atoms. The van der Waals surface area contributed by atoms with E-state index >= 15 is 0 Å². The maximum absolute atomic E-state index is 4.57. The number of benzene rings is 2. The third-order valence-electron chi connectivity index (χ3n) is 5.45. The number of aromatic nitrogens is 2. The van der Waals surface area contributed by atoms with Gasteiger partial charge in [0, 0.05) is 31.4 Å². The van der Waals surface area contributed by atoms with E-state index < -0.39 is 0 Å². The third kappa shape index (κ3) is 4.12. The highest BCUT2D eigenvalue weighted by Gasteiger charge is 2.19. The molecule has 4 heteroatoms. The summed E-state index contributed by atoms with van der Waals surface area (Å²) in [7, 11) is 2.19. The summed E-state index contributed by atoms with van der Waals surface area (Å²) in [5.74, 6) is 0.651. The molecule has 0 amide bonds. The molecule has 1 fully saturated rings. The standard InChI is InChI=1S/C23H28N4/c1-18-7-3-6-10-23(18)27-16-19(13-25-27)15-26(2)17-21-8-4-5-9-22(21)20-11-12-24-14-20/h3-10,13,16,20,24H,11-12,14-15,17H2,1-2H3. The summed E-state index contributed by atoms with van der Waals surface area (Å²) in [5.41, 5.74) is 6.57. The van der Waals surface area contributed by atoms with E-state index in [1.165, 1.54) is 28.7 Å². The fourth-order valence-corrected chi connectivity index (χ4v) is 4.05. The zero-order valence-electron chi connectivity index (χ0n) is 16.2. The smallest absolute Gasteiger partial charge is 0.0674 e. The molecule has 2 heterocycles. The topological polar surface area (TPSA) is 33.1 Å². The Morgan fingerprint density at radius 2 is 1.93 bits per heavy atom. The molecule has 4 nitrogen and oxygen atoms in total. The van der Waals surface area contributed by atoms with Crippen LogP contribution in [0.4, 0.5) is 0 Å². The Morgan fingerprint density at radius 3 is 2.74 bits per heavy atom. The zero-order chi connectivity index (χ0) is 18.6. The Labute approximate surface area is 161 Å². The highest BCUT2D eigenvalue weighted by Crippen LogP contribution is 2.26. The second-order valence-electron chi connectivity index (χ2n) is 7.64. The number of hydrogen-bond acceptors (Lipinski definition) is 3. The van der Waals surface area contributed by atoms with Crippen LogP contribution in [0.2, 0.25) is 0 Å². The van der Waals surface area contributed by atoms with Gasteiger partial charge in [-0.2, -0.15) is 5.10 Å². The minimum atomic E-state index is 0.651. The van der Waals surface area contributed by atoms with Gasteiger partial charge >= 0.3 is 0 Å². The van der Waals surface area contributed by atoms with Gasteiger partial charge in [0.15, 0.2) is 0 Å². The van der Waals surface area contributed by atoms with Crippen molar-refractivity contribution in [3.05, 3.63) is 83.2 Å². The van der Waals surface area contributed by atoms with E-state index in [-0.39, 0.29) is 0 Å². The van der Waals surface area contributed by atoms with Crippen LogP contribution in [0.15, 0.2) is 60.9 Å². The van der Waals surface area contributed by atoms with E-state index in [4.69, 9.17) is 0 Å². The molecule has 0 aliphatic carbocycles. The van der Waals surface area contributed by atoms with Crippen LogP contribution in [0.1, 0.15) is 34.6 Å². The summed E-state index contributed by atoms with van der Waals surface area (Å²) < 4.78 is 1.98. The van der Waals surface area contributed by atoms with Gasteiger partial charge in [0.25, 0.3) is 0 Å². The second-order valence-corrected chi connectivity index (χ2v) is 7.64. The Kier molecular flexibility index (Phi) is 5.37. The van der Waals surface area contributed by atoms with Crippen LogP contribution in [0, 0.1) is 6.92 Å². The molecule has 4 rings (SSSR count). The van der Waals surface area contributed by atoms with Gasteiger partial charge in [0.1, 0.15) is 0 Å². The predicted molar refractivity (Wildman–Crippen MR) is 110 cm³/mol. The largest absolute Gasteiger partial charge is 0.316 e. The number of para-hydroxylation sites is 1. The monoisotopic (exact) mass is 360 g/mol. The molecule has 0 bridgehead atoms. The zero-order valence-corrected chi connectivity index (χ0v) is 16.2. The molecule has 0 radical (unpaired) electrons. The summed E-state index contributed by atoms with van der Waals surface area (Å²) in [6, 6.07) is 17.3. The molecule has 1 N–H and O–H groups in total. The fourth-order valence-electron chi connectivity index (χ4n) is 4.05. The van der Waals surface area contributed by atoms with Gasteiger partial charge in [0.05, 0.1) is 11.9 Å². The van der Waals surface area contributed by atoms with Crippen LogP contribution >= 0.6 is 0 Å². The molecule has 1 atom stereocenters. The SMILES string of the molecule is Cc1ccccc1-n1cc(CN(C)Cc2ccccc2C2CCNC2)cn1. The van der Waals surface area contributed by atoms with E-state index in [0.29, 0.717) is 5.92 Å². The predicted octanol–water partition coefficient (Wildman–Crippen LogP) is 3.89. The molecule has 140 valence electrons. The average molecular weight is 361 g/mol. The lowest BCUT2D eigenvalue weighted by molar-refractivity contribution is 0.317. The highest BCUT2D eigenvalue weighted by molar-refractivity contribution is 5.39. The molecular formula is C23H28N4. The summed E-state index contributed by atoms with van der Waals surface area (Å²) in [4.78, 5) is 2.38. The molecule has 1 aliphatic rings. The second kappa shape index (κ2) is 8.07. The van der Waals surface area contributed by atoms with Crippen molar-refractivity contribution in [3.63, 3.8) is 0 Å². The fraction of sp³-hybridized carbons (Fsp3) is 0.348. The molecule has 1 unspecified atom stereocenters. The van der Waals surface area contributed by atoms with E-state index in [0.717, 1.165) is 31.9 Å². The maximum Gasteiger partial charge on any atom is 0.0674 e. The molecule has 1 aliphatic heterocycles.